The second kappa shape index (κ2) is 5.43. The Morgan fingerprint density at radius 1 is 1.24 bits per heavy atom. The predicted molar refractivity (Wildman–Crippen MR) is 67.4 cm³/mol. The number of anilines is 1. The van der Waals surface area contributed by atoms with Crippen LogP contribution in [-0.2, 0) is 0 Å². The summed E-state index contributed by atoms with van der Waals surface area (Å²) in [7, 11) is 0. The summed E-state index contributed by atoms with van der Waals surface area (Å²) in [5.74, 6) is 0.754. The Bertz CT molecular complexity index is 352. The maximum Gasteiger partial charge on any atom is 0.298 e. The summed E-state index contributed by atoms with van der Waals surface area (Å²) in [5, 5.41) is 12.9. The zero-order chi connectivity index (χ0) is 12.3. The number of nitrogens with one attached hydrogen (secondary N) is 1. The molecule has 17 heavy (non-hydrogen) atoms. The van der Waals surface area contributed by atoms with Crippen molar-refractivity contribution in [3.05, 3.63) is 5.76 Å². The second-order valence-corrected chi connectivity index (χ2v) is 5.19. The first-order chi connectivity index (χ1) is 8.16. The van der Waals surface area contributed by atoms with Crippen molar-refractivity contribution in [2.75, 3.05) is 5.32 Å². The fraction of sp³-hybridized carbons (Fsp3) is 0.769. The predicted octanol–water partition coefficient (Wildman–Crippen LogP) is 3.64. The largest absolute Gasteiger partial charge is 0.491 e. The van der Waals surface area contributed by atoms with E-state index < -0.39 is 0 Å². The molecule has 96 valence electrons. The van der Waals surface area contributed by atoms with Gasteiger partial charge in [-0.25, -0.2) is 0 Å². The Balaban J connectivity index is 2.00. The van der Waals surface area contributed by atoms with Crippen molar-refractivity contribution in [3.8, 4) is 5.88 Å². The number of aromatic hydroxyl groups is 1. The van der Waals surface area contributed by atoms with Crippen molar-refractivity contribution < 1.29 is 9.52 Å². The van der Waals surface area contributed by atoms with E-state index in [2.05, 4.69) is 10.3 Å². The standard InChI is InChI=1S/C13H22N2O2/c1-9(2)11-12(16)15-13(17-11)14-10-7-5-3-4-6-8-10/h9-10,16H,3-8H2,1-2H3,(H,14,15). The molecule has 1 saturated carbocycles. The highest BCUT2D eigenvalue weighted by Crippen LogP contribution is 2.29. The normalized spacial score (nSPS) is 18.3. The highest BCUT2D eigenvalue weighted by molar-refractivity contribution is 5.31. The number of nitrogens with zero attached hydrogens (tertiary/aromatic N) is 1. The monoisotopic (exact) mass is 238 g/mol. The smallest absolute Gasteiger partial charge is 0.298 e. The van der Waals surface area contributed by atoms with Crippen LogP contribution in [0.5, 0.6) is 5.88 Å². The number of aromatic nitrogens is 1. The van der Waals surface area contributed by atoms with Gasteiger partial charge in [0.25, 0.3) is 11.9 Å². The van der Waals surface area contributed by atoms with Crippen LogP contribution in [0.1, 0.15) is 64.1 Å². The van der Waals surface area contributed by atoms with Gasteiger partial charge in [0, 0.05) is 12.0 Å². The molecule has 0 saturated heterocycles. The summed E-state index contributed by atoms with van der Waals surface area (Å²) in [6, 6.07) is 0.911. The Kier molecular flexibility index (Phi) is 3.92. The number of hydrogen-bond acceptors (Lipinski definition) is 4. The van der Waals surface area contributed by atoms with E-state index in [1.165, 1.54) is 38.5 Å². The Hall–Kier alpha value is -1.19. The van der Waals surface area contributed by atoms with E-state index in [0.29, 0.717) is 17.8 Å². The van der Waals surface area contributed by atoms with E-state index in [1.54, 1.807) is 0 Å². The zero-order valence-electron chi connectivity index (χ0n) is 10.7. The van der Waals surface area contributed by atoms with Crippen molar-refractivity contribution in [2.45, 2.75) is 64.3 Å². The molecule has 1 aromatic heterocycles. The molecule has 1 heterocycles. The van der Waals surface area contributed by atoms with Gasteiger partial charge in [-0.1, -0.05) is 39.5 Å². The van der Waals surface area contributed by atoms with Crippen LogP contribution in [-0.4, -0.2) is 16.1 Å². The minimum Gasteiger partial charge on any atom is -0.491 e. The van der Waals surface area contributed by atoms with E-state index in [-0.39, 0.29) is 11.8 Å². The molecule has 2 rings (SSSR count). The molecule has 1 aliphatic rings. The fourth-order valence-corrected chi connectivity index (χ4v) is 2.36. The number of hydrogen-bond donors (Lipinski definition) is 2. The molecule has 4 heteroatoms. The van der Waals surface area contributed by atoms with E-state index in [9.17, 15) is 5.11 Å². The third kappa shape index (κ3) is 3.14. The summed E-state index contributed by atoms with van der Waals surface area (Å²) in [6.07, 6.45) is 7.52. The molecule has 0 spiro atoms. The van der Waals surface area contributed by atoms with Crippen molar-refractivity contribution in [2.24, 2.45) is 0 Å². The topological polar surface area (TPSA) is 58.3 Å². The molecule has 0 aromatic carbocycles. The van der Waals surface area contributed by atoms with Crippen LogP contribution < -0.4 is 5.32 Å². The van der Waals surface area contributed by atoms with Gasteiger partial charge in [0.15, 0.2) is 5.76 Å². The van der Waals surface area contributed by atoms with Gasteiger partial charge in [0.05, 0.1) is 0 Å². The lowest BCUT2D eigenvalue weighted by molar-refractivity contribution is 0.416. The fourth-order valence-electron chi connectivity index (χ4n) is 2.36. The van der Waals surface area contributed by atoms with Crippen LogP contribution in [0.2, 0.25) is 0 Å². The van der Waals surface area contributed by atoms with Crippen molar-refractivity contribution >= 4 is 6.01 Å². The Morgan fingerprint density at radius 2 is 1.88 bits per heavy atom. The first-order valence-electron chi connectivity index (χ1n) is 6.63. The third-order valence-corrected chi connectivity index (χ3v) is 3.34. The lowest BCUT2D eigenvalue weighted by Gasteiger charge is -2.13. The highest BCUT2D eigenvalue weighted by atomic mass is 16.4. The molecule has 0 aliphatic heterocycles. The van der Waals surface area contributed by atoms with Crippen LogP contribution >= 0.6 is 0 Å². The van der Waals surface area contributed by atoms with Crippen LogP contribution in [0, 0.1) is 0 Å². The van der Waals surface area contributed by atoms with Crippen molar-refractivity contribution in [1.29, 1.82) is 0 Å². The van der Waals surface area contributed by atoms with E-state index in [4.69, 9.17) is 4.42 Å². The summed E-state index contributed by atoms with van der Waals surface area (Å²) in [5.41, 5.74) is 0. The average molecular weight is 238 g/mol. The lowest BCUT2D eigenvalue weighted by atomic mass is 10.1. The summed E-state index contributed by atoms with van der Waals surface area (Å²) in [4.78, 5) is 4.03. The molecule has 0 amide bonds. The maximum atomic E-state index is 9.64. The molecule has 1 aromatic rings. The maximum absolute atomic E-state index is 9.64. The summed E-state index contributed by atoms with van der Waals surface area (Å²) in [6.45, 7) is 3.96. The summed E-state index contributed by atoms with van der Waals surface area (Å²) < 4.78 is 5.55. The van der Waals surface area contributed by atoms with Gasteiger partial charge in [-0.2, -0.15) is 4.98 Å². The van der Waals surface area contributed by atoms with Crippen molar-refractivity contribution in [3.63, 3.8) is 0 Å². The number of rotatable bonds is 3. The SMILES string of the molecule is CC(C)c1oc(NC2CCCCCC2)nc1O. The molecular weight excluding hydrogens is 216 g/mol. The molecule has 2 N–H and O–H groups in total. The third-order valence-electron chi connectivity index (χ3n) is 3.34. The van der Waals surface area contributed by atoms with Crippen LogP contribution in [0.4, 0.5) is 6.01 Å². The van der Waals surface area contributed by atoms with E-state index in [0.717, 1.165) is 0 Å². The quantitative estimate of drug-likeness (QED) is 0.789. The molecule has 1 fully saturated rings. The first-order valence-corrected chi connectivity index (χ1v) is 6.63. The van der Waals surface area contributed by atoms with Gasteiger partial charge >= 0.3 is 0 Å². The minimum absolute atomic E-state index is 0.0242. The van der Waals surface area contributed by atoms with Gasteiger partial charge in [-0.05, 0) is 12.8 Å². The van der Waals surface area contributed by atoms with Crippen LogP contribution in [0.3, 0.4) is 0 Å². The van der Waals surface area contributed by atoms with Crippen molar-refractivity contribution in [1.82, 2.24) is 4.98 Å². The highest BCUT2D eigenvalue weighted by Gasteiger charge is 2.18. The van der Waals surface area contributed by atoms with Gasteiger partial charge < -0.3 is 14.8 Å². The molecule has 0 bridgehead atoms. The second-order valence-electron chi connectivity index (χ2n) is 5.19. The van der Waals surface area contributed by atoms with Crippen LogP contribution in [0.25, 0.3) is 0 Å². The van der Waals surface area contributed by atoms with Gasteiger partial charge in [-0.15, -0.1) is 0 Å². The lowest BCUT2D eigenvalue weighted by Crippen LogP contribution is -2.18. The Labute approximate surface area is 102 Å². The average Bonchev–Trinajstić information content (AvgIpc) is 2.50. The first kappa shape index (κ1) is 12.3. The van der Waals surface area contributed by atoms with Gasteiger partial charge in [0.2, 0.25) is 0 Å². The van der Waals surface area contributed by atoms with Gasteiger partial charge in [0.1, 0.15) is 0 Å². The molecule has 4 nitrogen and oxygen atoms in total. The Morgan fingerprint density at radius 3 is 2.41 bits per heavy atom. The molecule has 1 aliphatic carbocycles. The zero-order valence-corrected chi connectivity index (χ0v) is 10.7. The minimum atomic E-state index is 0.0242. The molecular formula is C13H22N2O2. The summed E-state index contributed by atoms with van der Waals surface area (Å²) >= 11 is 0. The van der Waals surface area contributed by atoms with E-state index >= 15 is 0 Å². The van der Waals surface area contributed by atoms with E-state index in [1.807, 2.05) is 13.8 Å². The van der Waals surface area contributed by atoms with Gasteiger partial charge in [-0.3, -0.25) is 0 Å². The molecule has 0 atom stereocenters. The number of oxazole rings is 1. The molecule has 0 unspecified atom stereocenters. The van der Waals surface area contributed by atoms with Crippen LogP contribution in [0.15, 0.2) is 4.42 Å². The molecule has 0 radical (unpaired) electrons.